The van der Waals surface area contributed by atoms with Gasteiger partial charge < -0.3 is 4.57 Å². The van der Waals surface area contributed by atoms with Gasteiger partial charge in [-0.05, 0) is 6.92 Å². The van der Waals surface area contributed by atoms with Crippen molar-refractivity contribution >= 4 is 0 Å². The van der Waals surface area contributed by atoms with E-state index in [4.69, 9.17) is 0 Å². The van der Waals surface area contributed by atoms with E-state index >= 15 is 0 Å². The van der Waals surface area contributed by atoms with E-state index in [2.05, 4.69) is 20.2 Å². The molecule has 0 amide bonds. The van der Waals surface area contributed by atoms with Gasteiger partial charge in [0.15, 0.2) is 0 Å². The zero-order valence-electron chi connectivity index (χ0n) is 6.94. The van der Waals surface area contributed by atoms with Gasteiger partial charge in [0.25, 0.3) is 0 Å². The summed E-state index contributed by atoms with van der Waals surface area (Å²) < 4.78 is 1.86. The molecule has 0 atom stereocenters. The van der Waals surface area contributed by atoms with Gasteiger partial charge in [-0.25, -0.2) is 9.97 Å². The van der Waals surface area contributed by atoms with Crippen LogP contribution in [0.3, 0.4) is 0 Å². The maximum Gasteiger partial charge on any atom is 0.201 e. The van der Waals surface area contributed by atoms with Crippen LogP contribution in [-0.4, -0.2) is 24.7 Å². The molecule has 2 aromatic rings. The van der Waals surface area contributed by atoms with Gasteiger partial charge in [-0.1, -0.05) is 0 Å². The lowest BCUT2D eigenvalue weighted by atomic mass is 10.4. The van der Waals surface area contributed by atoms with E-state index in [0.29, 0.717) is 5.82 Å². The number of rotatable bonds is 1. The molecule has 0 bridgehead atoms. The Kier molecular flexibility index (Phi) is 1.43. The van der Waals surface area contributed by atoms with Crippen molar-refractivity contribution in [2.45, 2.75) is 6.92 Å². The van der Waals surface area contributed by atoms with Crippen LogP contribution >= 0.6 is 0 Å². The number of imidazole rings is 1. The van der Waals surface area contributed by atoms with Crippen LogP contribution in [0.5, 0.6) is 0 Å². The highest BCUT2D eigenvalue weighted by Gasteiger charge is 2.04. The molecule has 0 fully saturated rings. The normalized spacial score (nSPS) is 10.5. The van der Waals surface area contributed by atoms with Gasteiger partial charge in [0.1, 0.15) is 11.5 Å². The number of hydrogen-bond donors (Lipinski definition) is 1. The monoisotopic (exact) mass is 163 g/mol. The number of H-pyrrole nitrogens is 1. The Morgan fingerprint density at radius 3 is 2.83 bits per heavy atom. The molecule has 0 aliphatic heterocycles. The minimum Gasteiger partial charge on any atom is -0.340 e. The molecule has 2 rings (SSSR count). The summed E-state index contributed by atoms with van der Waals surface area (Å²) in [5.41, 5.74) is 0.793. The molecule has 0 unspecified atom stereocenters. The molecule has 1 N–H and O–H groups in total. The number of nitrogens with one attached hydrogen (secondary N) is 1. The van der Waals surface area contributed by atoms with Crippen molar-refractivity contribution in [2.24, 2.45) is 7.05 Å². The molecule has 62 valence electrons. The predicted molar refractivity (Wildman–Crippen MR) is 43.3 cm³/mol. The molecule has 0 radical (unpaired) electrons. The molecule has 2 aromatic heterocycles. The van der Waals surface area contributed by atoms with Gasteiger partial charge in [0, 0.05) is 13.2 Å². The molecule has 0 spiro atoms. The molecule has 0 aliphatic carbocycles. The van der Waals surface area contributed by atoms with Crippen LogP contribution in [0, 0.1) is 6.92 Å². The Balaban J connectivity index is 2.43. The van der Waals surface area contributed by atoms with Crippen LogP contribution < -0.4 is 0 Å². The molecule has 2 heterocycles. The Morgan fingerprint density at radius 2 is 2.33 bits per heavy atom. The number of hydrogen-bond acceptors (Lipinski definition) is 3. The first kappa shape index (κ1) is 7.02. The fourth-order valence-corrected chi connectivity index (χ4v) is 0.986. The van der Waals surface area contributed by atoms with Gasteiger partial charge in [-0.15, -0.1) is 0 Å². The Labute approximate surface area is 69.5 Å². The van der Waals surface area contributed by atoms with E-state index in [1.54, 1.807) is 6.33 Å². The van der Waals surface area contributed by atoms with Gasteiger partial charge in [0.2, 0.25) is 5.82 Å². The summed E-state index contributed by atoms with van der Waals surface area (Å²) in [7, 11) is 1.91. The predicted octanol–water partition coefficient (Wildman–Crippen LogP) is 0.514. The molecular weight excluding hydrogens is 154 g/mol. The maximum absolute atomic E-state index is 4.15. The van der Waals surface area contributed by atoms with Crippen molar-refractivity contribution in [3.05, 3.63) is 18.3 Å². The highest BCUT2D eigenvalue weighted by atomic mass is 15.2. The third-order valence-corrected chi connectivity index (χ3v) is 1.53. The summed E-state index contributed by atoms with van der Waals surface area (Å²) in [6, 6.07) is 0. The lowest BCUT2D eigenvalue weighted by Gasteiger charge is -1.83. The van der Waals surface area contributed by atoms with Crippen molar-refractivity contribution < 1.29 is 0 Å². The van der Waals surface area contributed by atoms with Crippen molar-refractivity contribution in [3.63, 3.8) is 0 Å². The SMILES string of the molecule is Cc1nc(-c2cn(C)cn2)n[nH]1. The molecule has 12 heavy (non-hydrogen) atoms. The van der Waals surface area contributed by atoms with Gasteiger partial charge in [-0.3, -0.25) is 5.10 Å². The minimum atomic E-state index is 0.646. The highest BCUT2D eigenvalue weighted by Crippen LogP contribution is 2.09. The third kappa shape index (κ3) is 1.09. The van der Waals surface area contributed by atoms with Gasteiger partial charge in [0.05, 0.1) is 6.33 Å². The molecule has 0 aromatic carbocycles. The van der Waals surface area contributed by atoms with Crippen molar-refractivity contribution in [1.82, 2.24) is 24.7 Å². The zero-order chi connectivity index (χ0) is 8.55. The topological polar surface area (TPSA) is 59.4 Å². The number of aromatic amines is 1. The van der Waals surface area contributed by atoms with Gasteiger partial charge >= 0.3 is 0 Å². The van der Waals surface area contributed by atoms with Crippen molar-refractivity contribution in [2.75, 3.05) is 0 Å². The van der Waals surface area contributed by atoms with E-state index < -0.39 is 0 Å². The average molecular weight is 163 g/mol. The molecule has 5 heteroatoms. The number of aromatic nitrogens is 5. The smallest absolute Gasteiger partial charge is 0.201 e. The Morgan fingerprint density at radius 1 is 1.50 bits per heavy atom. The molecule has 0 saturated heterocycles. The summed E-state index contributed by atoms with van der Waals surface area (Å²) >= 11 is 0. The average Bonchev–Trinajstić information content (AvgIpc) is 2.58. The Bertz CT molecular complexity index is 348. The van der Waals surface area contributed by atoms with Crippen LogP contribution in [0.4, 0.5) is 0 Å². The third-order valence-electron chi connectivity index (χ3n) is 1.53. The highest BCUT2D eigenvalue weighted by molar-refractivity contribution is 5.46. The molecule has 0 aliphatic rings. The van der Waals surface area contributed by atoms with Crippen molar-refractivity contribution in [1.29, 1.82) is 0 Å². The summed E-state index contributed by atoms with van der Waals surface area (Å²) in [6.07, 6.45) is 3.60. The standard InChI is InChI=1S/C7H9N5/c1-5-9-7(11-10-5)6-3-12(2)4-8-6/h3-4H,1-2H3,(H,9,10,11). The maximum atomic E-state index is 4.15. The minimum absolute atomic E-state index is 0.646. The summed E-state index contributed by atoms with van der Waals surface area (Å²) in [6.45, 7) is 1.86. The number of aryl methyl sites for hydroxylation is 2. The largest absolute Gasteiger partial charge is 0.340 e. The summed E-state index contributed by atoms with van der Waals surface area (Å²) in [4.78, 5) is 8.27. The van der Waals surface area contributed by atoms with E-state index in [1.165, 1.54) is 0 Å². The van der Waals surface area contributed by atoms with Crippen molar-refractivity contribution in [3.8, 4) is 11.5 Å². The van der Waals surface area contributed by atoms with Crippen LogP contribution in [-0.2, 0) is 7.05 Å². The lowest BCUT2D eigenvalue weighted by molar-refractivity contribution is 0.913. The quantitative estimate of drug-likeness (QED) is 0.666. The van der Waals surface area contributed by atoms with E-state index in [1.807, 2.05) is 24.7 Å². The second-order valence-electron chi connectivity index (χ2n) is 2.67. The van der Waals surface area contributed by atoms with E-state index in [-0.39, 0.29) is 0 Å². The summed E-state index contributed by atoms with van der Waals surface area (Å²) in [5, 5.41) is 6.75. The second kappa shape index (κ2) is 2.44. The molecular formula is C7H9N5. The first-order chi connectivity index (χ1) is 5.75. The fourth-order valence-electron chi connectivity index (χ4n) is 0.986. The summed E-state index contributed by atoms with van der Waals surface area (Å²) in [5.74, 6) is 1.45. The van der Waals surface area contributed by atoms with Gasteiger partial charge in [-0.2, -0.15) is 5.10 Å². The van der Waals surface area contributed by atoms with Crippen LogP contribution in [0.1, 0.15) is 5.82 Å². The lowest BCUT2D eigenvalue weighted by Crippen LogP contribution is -1.80. The van der Waals surface area contributed by atoms with Crippen LogP contribution in [0.15, 0.2) is 12.5 Å². The molecule has 5 nitrogen and oxygen atoms in total. The first-order valence-corrected chi connectivity index (χ1v) is 3.63. The van der Waals surface area contributed by atoms with Crippen LogP contribution in [0.2, 0.25) is 0 Å². The fraction of sp³-hybridized carbons (Fsp3) is 0.286. The number of nitrogens with zero attached hydrogens (tertiary/aromatic N) is 4. The van der Waals surface area contributed by atoms with E-state index in [9.17, 15) is 0 Å². The molecule has 0 saturated carbocycles. The second-order valence-corrected chi connectivity index (χ2v) is 2.67. The van der Waals surface area contributed by atoms with E-state index in [0.717, 1.165) is 11.5 Å². The first-order valence-electron chi connectivity index (χ1n) is 3.63. The zero-order valence-corrected chi connectivity index (χ0v) is 6.94. The van der Waals surface area contributed by atoms with Crippen LogP contribution in [0.25, 0.3) is 11.5 Å². The Hall–Kier alpha value is -1.65.